The fourth-order valence-electron chi connectivity index (χ4n) is 2.65. The smallest absolute Gasteiger partial charge is 0.416 e. The van der Waals surface area contributed by atoms with Gasteiger partial charge in [-0.15, -0.1) is 10.2 Å². The summed E-state index contributed by atoms with van der Waals surface area (Å²) in [6, 6.07) is 5.51. The van der Waals surface area contributed by atoms with Gasteiger partial charge in [0, 0.05) is 18.3 Å². The average Bonchev–Trinajstić information content (AvgIpc) is 3.08. The minimum atomic E-state index is -4.72. The first-order valence-electron chi connectivity index (χ1n) is 8.42. The maximum absolute atomic E-state index is 13.0. The number of hydrogen-bond acceptors (Lipinski definition) is 5. The number of halogens is 5. The van der Waals surface area contributed by atoms with Crippen LogP contribution in [0.25, 0.3) is 16.8 Å². The second-order valence-electron chi connectivity index (χ2n) is 6.89. The Balaban J connectivity index is 2.10. The van der Waals surface area contributed by atoms with Crippen molar-refractivity contribution in [3.05, 3.63) is 42.1 Å². The van der Waals surface area contributed by atoms with Crippen molar-refractivity contribution in [1.29, 1.82) is 0 Å². The van der Waals surface area contributed by atoms with Crippen LogP contribution in [0.2, 0.25) is 0 Å². The number of anilines is 1. The molecule has 1 aromatic carbocycles. The van der Waals surface area contributed by atoms with Crippen LogP contribution < -0.4 is 10.1 Å². The molecule has 0 fully saturated rings. The zero-order valence-electron chi connectivity index (χ0n) is 15.3. The fraction of sp³-hybridized carbons (Fsp3) is 0.333. The molecule has 2 N–H and O–H groups in total. The van der Waals surface area contributed by atoms with Crippen molar-refractivity contribution in [3.8, 4) is 17.0 Å². The molecule has 29 heavy (non-hydrogen) atoms. The summed E-state index contributed by atoms with van der Waals surface area (Å²) < 4.78 is 70.4. The minimum absolute atomic E-state index is 0.0631. The summed E-state index contributed by atoms with van der Waals surface area (Å²) in [4.78, 5) is 0. The van der Waals surface area contributed by atoms with Crippen molar-refractivity contribution in [1.82, 2.24) is 14.6 Å². The van der Waals surface area contributed by atoms with Crippen LogP contribution in [0.5, 0.6) is 5.75 Å². The molecule has 2 heterocycles. The first-order chi connectivity index (χ1) is 13.5. The predicted octanol–water partition coefficient (Wildman–Crippen LogP) is 4.20. The van der Waals surface area contributed by atoms with E-state index in [9.17, 15) is 27.1 Å². The molecule has 0 spiro atoms. The van der Waals surface area contributed by atoms with Crippen LogP contribution in [-0.4, -0.2) is 38.5 Å². The van der Waals surface area contributed by atoms with E-state index in [2.05, 4.69) is 20.3 Å². The van der Waals surface area contributed by atoms with Crippen molar-refractivity contribution >= 4 is 11.5 Å². The van der Waals surface area contributed by atoms with Crippen LogP contribution in [0.15, 0.2) is 36.5 Å². The number of benzene rings is 1. The highest BCUT2D eigenvalue weighted by molar-refractivity contribution is 5.81. The van der Waals surface area contributed by atoms with Gasteiger partial charge in [-0.2, -0.15) is 22.0 Å². The number of alkyl halides is 5. The molecule has 0 unspecified atom stereocenters. The highest BCUT2D eigenvalue weighted by Gasteiger charge is 2.32. The number of nitrogens with zero attached hydrogens (tertiary/aromatic N) is 3. The molecule has 156 valence electrons. The van der Waals surface area contributed by atoms with Crippen molar-refractivity contribution in [2.45, 2.75) is 32.2 Å². The molecule has 3 aromatic rings. The van der Waals surface area contributed by atoms with Crippen LogP contribution >= 0.6 is 0 Å². The Kier molecular flexibility index (Phi) is 5.35. The predicted molar refractivity (Wildman–Crippen MR) is 94.8 cm³/mol. The van der Waals surface area contributed by atoms with Crippen molar-refractivity contribution in [2.75, 3.05) is 11.9 Å². The van der Waals surface area contributed by atoms with Crippen LogP contribution in [0.3, 0.4) is 0 Å². The van der Waals surface area contributed by atoms with E-state index in [1.165, 1.54) is 4.40 Å². The molecular weight excluding hydrogens is 399 g/mol. The summed E-state index contributed by atoms with van der Waals surface area (Å²) in [5.74, 6) is -0.399. The summed E-state index contributed by atoms with van der Waals surface area (Å²) in [6.07, 6.45) is -3.11. The summed E-state index contributed by atoms with van der Waals surface area (Å²) in [7, 11) is 0. The second-order valence-corrected chi connectivity index (χ2v) is 6.89. The normalized spacial score (nSPS) is 12.6. The molecule has 6 nitrogen and oxygen atoms in total. The first-order valence-corrected chi connectivity index (χ1v) is 8.42. The summed E-state index contributed by atoms with van der Waals surface area (Å²) >= 11 is 0. The van der Waals surface area contributed by atoms with Crippen molar-refractivity contribution < 1.29 is 31.8 Å². The lowest BCUT2D eigenvalue weighted by Gasteiger charge is -2.19. The van der Waals surface area contributed by atoms with E-state index in [4.69, 9.17) is 0 Å². The number of hydrogen-bond donors (Lipinski definition) is 2. The number of rotatable bonds is 6. The van der Waals surface area contributed by atoms with Crippen molar-refractivity contribution in [3.63, 3.8) is 0 Å². The Bertz CT molecular complexity index is 1010. The lowest BCUT2D eigenvalue weighted by Crippen LogP contribution is -2.30. The zero-order valence-corrected chi connectivity index (χ0v) is 15.3. The average molecular weight is 416 g/mol. The monoisotopic (exact) mass is 416 g/mol. The van der Waals surface area contributed by atoms with E-state index in [0.29, 0.717) is 11.6 Å². The maximum atomic E-state index is 13.0. The maximum Gasteiger partial charge on any atom is 0.416 e. The third-order valence-electron chi connectivity index (χ3n) is 3.92. The Morgan fingerprint density at radius 3 is 2.52 bits per heavy atom. The molecule has 0 bridgehead atoms. The molecule has 0 aliphatic carbocycles. The topological polar surface area (TPSA) is 71.7 Å². The van der Waals surface area contributed by atoms with Crippen molar-refractivity contribution in [2.24, 2.45) is 0 Å². The van der Waals surface area contributed by atoms with E-state index in [0.717, 1.165) is 12.1 Å². The Hall–Kier alpha value is -2.95. The number of aromatic nitrogens is 3. The van der Waals surface area contributed by atoms with E-state index >= 15 is 0 Å². The van der Waals surface area contributed by atoms with Gasteiger partial charge in [-0.05, 0) is 44.2 Å². The van der Waals surface area contributed by atoms with Gasteiger partial charge in [-0.3, -0.25) is 4.40 Å². The molecular formula is C18H17F5N4O2. The third kappa shape index (κ3) is 4.73. The zero-order chi connectivity index (χ0) is 21.4. The van der Waals surface area contributed by atoms with Crippen LogP contribution in [0.4, 0.5) is 27.9 Å². The molecule has 0 aliphatic heterocycles. The summed E-state index contributed by atoms with van der Waals surface area (Å²) in [5, 5.41) is 20.7. The summed E-state index contributed by atoms with van der Waals surface area (Å²) in [6.45, 7) is 0.00460. The van der Waals surface area contributed by atoms with E-state index in [1.807, 2.05) is 0 Å². The standard InChI is InChI=1S/C18H17F5N4O2/c1-17(2,28)9-24-16-26-25-14(12-4-3-7-27(12)16)11-6-5-10(18(21,22)23)8-13(11)29-15(19)20/h3-8,15,28H,9H2,1-2H3,(H,24,26). The molecule has 3 rings (SSSR count). The van der Waals surface area contributed by atoms with Gasteiger partial charge in [0.1, 0.15) is 11.4 Å². The molecule has 0 saturated heterocycles. The minimum Gasteiger partial charge on any atom is -0.434 e. The van der Waals surface area contributed by atoms with Gasteiger partial charge < -0.3 is 15.2 Å². The molecule has 11 heteroatoms. The van der Waals surface area contributed by atoms with Gasteiger partial charge >= 0.3 is 12.8 Å². The van der Waals surface area contributed by atoms with Gasteiger partial charge in [-0.25, -0.2) is 0 Å². The quantitative estimate of drug-likeness (QED) is 0.590. The van der Waals surface area contributed by atoms with E-state index in [1.54, 1.807) is 32.2 Å². The van der Waals surface area contributed by atoms with Gasteiger partial charge in [0.15, 0.2) is 0 Å². The second kappa shape index (κ2) is 7.47. The molecule has 2 aromatic heterocycles. The molecule has 0 radical (unpaired) electrons. The van der Waals surface area contributed by atoms with Gasteiger partial charge in [-0.1, -0.05) is 0 Å². The van der Waals surface area contributed by atoms with Crippen LogP contribution in [0, 0.1) is 0 Å². The Morgan fingerprint density at radius 1 is 1.17 bits per heavy atom. The lowest BCUT2D eigenvalue weighted by atomic mass is 10.1. The molecule has 0 amide bonds. The Labute approximate surface area is 161 Å². The number of fused-ring (bicyclic) bond motifs is 1. The van der Waals surface area contributed by atoms with E-state index < -0.39 is 29.7 Å². The Morgan fingerprint density at radius 2 is 1.90 bits per heavy atom. The number of ether oxygens (including phenoxy) is 1. The van der Waals surface area contributed by atoms with Crippen LogP contribution in [0.1, 0.15) is 19.4 Å². The van der Waals surface area contributed by atoms with E-state index in [-0.39, 0.29) is 23.8 Å². The first kappa shape index (κ1) is 20.8. The number of aliphatic hydroxyl groups is 1. The third-order valence-corrected chi connectivity index (χ3v) is 3.92. The lowest BCUT2D eigenvalue weighted by molar-refractivity contribution is -0.138. The number of nitrogens with one attached hydrogen (secondary N) is 1. The largest absolute Gasteiger partial charge is 0.434 e. The summed E-state index contributed by atoms with van der Waals surface area (Å²) in [5.41, 5.74) is -1.76. The fourth-order valence-corrected chi connectivity index (χ4v) is 2.65. The highest BCUT2D eigenvalue weighted by Crippen LogP contribution is 2.38. The SMILES string of the molecule is CC(C)(O)CNc1nnc(-c2ccc(C(F)(F)F)cc2OC(F)F)c2cccn12. The molecule has 0 saturated carbocycles. The van der Waals surface area contributed by atoms with Gasteiger partial charge in [0.25, 0.3) is 0 Å². The molecule has 0 atom stereocenters. The van der Waals surface area contributed by atoms with Gasteiger partial charge in [0.2, 0.25) is 5.95 Å². The van der Waals surface area contributed by atoms with Crippen LogP contribution in [-0.2, 0) is 6.18 Å². The van der Waals surface area contributed by atoms with Gasteiger partial charge in [0.05, 0.1) is 16.7 Å². The highest BCUT2D eigenvalue weighted by atomic mass is 19.4. The molecule has 0 aliphatic rings.